The van der Waals surface area contributed by atoms with Crippen molar-refractivity contribution in [2.24, 2.45) is 5.73 Å². The molecule has 1 aromatic carbocycles. The van der Waals surface area contributed by atoms with Crippen LogP contribution in [0.5, 0.6) is 0 Å². The van der Waals surface area contributed by atoms with Gasteiger partial charge in [-0.15, -0.1) is 0 Å². The van der Waals surface area contributed by atoms with Gasteiger partial charge in [-0.05, 0) is 12.1 Å². The number of para-hydroxylation sites is 1. The summed E-state index contributed by atoms with van der Waals surface area (Å²) in [5.74, 6) is -0.673. The molecule has 7 nitrogen and oxygen atoms in total. The fraction of sp³-hybridized carbons (Fsp3) is 0. The van der Waals surface area contributed by atoms with Crippen LogP contribution in [0.2, 0.25) is 10.0 Å². The minimum absolute atomic E-state index is 0.0668. The lowest BCUT2D eigenvalue weighted by Gasteiger charge is -2.05. The average Bonchev–Trinajstić information content (AvgIpc) is 3.09. The number of hydrogen-bond donors (Lipinski definition) is 3. The van der Waals surface area contributed by atoms with Crippen molar-refractivity contribution in [2.75, 3.05) is 5.32 Å². The van der Waals surface area contributed by atoms with Crippen LogP contribution in [-0.4, -0.2) is 25.9 Å². The number of anilines is 2. The summed E-state index contributed by atoms with van der Waals surface area (Å²) in [7, 11) is 0. The van der Waals surface area contributed by atoms with Gasteiger partial charge in [-0.2, -0.15) is 10.2 Å². The number of hydrogen-bond acceptors (Lipinski definition) is 4. The molecule has 0 aliphatic heterocycles. The third-order valence-electron chi connectivity index (χ3n) is 2.89. The zero-order chi connectivity index (χ0) is 15.7. The minimum Gasteiger partial charge on any atom is -0.364 e. The molecule has 0 atom stereocenters. The lowest BCUT2D eigenvalue weighted by molar-refractivity contribution is 0.0996. The fourth-order valence-electron chi connectivity index (χ4n) is 1.94. The molecule has 0 saturated heterocycles. The summed E-state index contributed by atoms with van der Waals surface area (Å²) in [6, 6.07) is 5.08. The monoisotopic (exact) mass is 336 g/mol. The summed E-state index contributed by atoms with van der Waals surface area (Å²) >= 11 is 12.3. The Hall–Kier alpha value is -2.51. The number of rotatable bonds is 4. The Morgan fingerprint density at radius 3 is 2.64 bits per heavy atom. The molecule has 0 fully saturated rings. The highest BCUT2D eigenvalue weighted by atomic mass is 35.5. The van der Waals surface area contributed by atoms with E-state index in [-0.39, 0.29) is 5.69 Å². The molecule has 2 aromatic heterocycles. The van der Waals surface area contributed by atoms with E-state index in [2.05, 4.69) is 20.6 Å². The predicted molar refractivity (Wildman–Crippen MR) is 84.0 cm³/mol. The van der Waals surface area contributed by atoms with Crippen LogP contribution in [0.4, 0.5) is 11.4 Å². The lowest BCUT2D eigenvalue weighted by atomic mass is 10.3. The van der Waals surface area contributed by atoms with Gasteiger partial charge in [0.2, 0.25) is 0 Å². The zero-order valence-corrected chi connectivity index (χ0v) is 12.6. The Balaban J connectivity index is 2.09. The molecule has 2 heterocycles. The van der Waals surface area contributed by atoms with Crippen molar-refractivity contribution in [2.45, 2.75) is 0 Å². The van der Waals surface area contributed by atoms with E-state index in [1.807, 2.05) is 0 Å². The third kappa shape index (κ3) is 2.63. The molecular weight excluding hydrogens is 327 g/mol. The largest absolute Gasteiger partial charge is 0.364 e. The van der Waals surface area contributed by atoms with Crippen LogP contribution in [0.1, 0.15) is 10.5 Å². The van der Waals surface area contributed by atoms with Crippen LogP contribution < -0.4 is 11.1 Å². The van der Waals surface area contributed by atoms with Gasteiger partial charge in [-0.1, -0.05) is 29.3 Å². The van der Waals surface area contributed by atoms with Gasteiger partial charge in [-0.3, -0.25) is 9.89 Å². The van der Waals surface area contributed by atoms with Crippen molar-refractivity contribution in [3.8, 4) is 5.69 Å². The minimum atomic E-state index is -0.673. The number of nitrogens with one attached hydrogen (secondary N) is 2. The second-order valence-corrected chi connectivity index (χ2v) is 5.20. The molecule has 9 heteroatoms. The number of H-pyrrole nitrogens is 1. The van der Waals surface area contributed by atoms with E-state index in [0.29, 0.717) is 27.1 Å². The molecule has 0 aliphatic carbocycles. The summed E-state index contributed by atoms with van der Waals surface area (Å²) in [5, 5.41) is 14.4. The summed E-state index contributed by atoms with van der Waals surface area (Å²) in [5.41, 5.74) is 6.98. The molecule has 0 spiro atoms. The number of aromatic nitrogens is 4. The first-order chi connectivity index (χ1) is 10.6. The molecule has 22 heavy (non-hydrogen) atoms. The Morgan fingerprint density at radius 2 is 2.05 bits per heavy atom. The molecule has 3 aromatic rings. The Bertz CT molecular complexity index is 807. The number of carbonyl (C=O) groups excluding carboxylic acids is 1. The average molecular weight is 337 g/mol. The van der Waals surface area contributed by atoms with E-state index >= 15 is 0 Å². The second-order valence-electron chi connectivity index (χ2n) is 4.38. The van der Waals surface area contributed by atoms with Crippen molar-refractivity contribution < 1.29 is 4.79 Å². The number of nitrogens with zero attached hydrogens (tertiary/aromatic N) is 3. The smallest absolute Gasteiger partial charge is 0.271 e. The van der Waals surface area contributed by atoms with Crippen LogP contribution in [0.3, 0.4) is 0 Å². The Labute approximate surface area is 135 Å². The molecule has 1 amide bonds. The van der Waals surface area contributed by atoms with Gasteiger partial charge in [0.05, 0.1) is 33.8 Å². The maximum atomic E-state index is 11.6. The molecule has 0 saturated carbocycles. The first-order valence-electron chi connectivity index (χ1n) is 6.16. The maximum Gasteiger partial charge on any atom is 0.271 e. The van der Waals surface area contributed by atoms with Gasteiger partial charge in [-0.25, -0.2) is 4.68 Å². The number of carbonyl (C=O) groups is 1. The van der Waals surface area contributed by atoms with Crippen molar-refractivity contribution in [1.29, 1.82) is 0 Å². The summed E-state index contributed by atoms with van der Waals surface area (Å²) < 4.78 is 1.41. The highest BCUT2D eigenvalue weighted by molar-refractivity contribution is 6.37. The van der Waals surface area contributed by atoms with Crippen molar-refractivity contribution >= 4 is 40.5 Å². The van der Waals surface area contributed by atoms with Gasteiger partial charge in [0.15, 0.2) is 5.69 Å². The summed E-state index contributed by atoms with van der Waals surface area (Å²) in [6.45, 7) is 0. The Morgan fingerprint density at radius 1 is 1.32 bits per heavy atom. The first-order valence-corrected chi connectivity index (χ1v) is 6.91. The molecule has 0 unspecified atom stereocenters. The van der Waals surface area contributed by atoms with Crippen LogP contribution in [-0.2, 0) is 0 Å². The SMILES string of the molecule is NC(=O)c1nn(-c2c(Cl)cccc2Cl)cc1Nc1cn[nH]c1. The third-order valence-corrected chi connectivity index (χ3v) is 3.50. The maximum absolute atomic E-state index is 11.6. The second kappa shape index (κ2) is 5.70. The van der Waals surface area contributed by atoms with E-state index in [1.165, 1.54) is 4.68 Å². The summed E-state index contributed by atoms with van der Waals surface area (Å²) in [4.78, 5) is 11.6. The standard InChI is InChI=1S/C13H10Cl2N6O/c14-8-2-1-3-9(15)12(8)21-6-10(11(20-21)13(16)22)19-7-4-17-18-5-7/h1-6,19H,(H2,16,22)(H,17,18). The Kier molecular flexibility index (Phi) is 3.74. The number of nitrogens with two attached hydrogens (primary N) is 1. The van der Waals surface area contributed by atoms with Crippen LogP contribution in [0, 0.1) is 0 Å². The quantitative estimate of drug-likeness (QED) is 0.681. The molecule has 4 N–H and O–H groups in total. The normalized spacial score (nSPS) is 10.6. The molecule has 3 rings (SSSR count). The molecule has 0 bridgehead atoms. The van der Waals surface area contributed by atoms with Crippen LogP contribution >= 0.6 is 23.2 Å². The first kappa shape index (κ1) is 14.4. The van der Waals surface area contributed by atoms with Gasteiger partial charge in [0.1, 0.15) is 5.69 Å². The van der Waals surface area contributed by atoms with Crippen LogP contribution in [0.25, 0.3) is 5.69 Å². The van der Waals surface area contributed by atoms with E-state index in [4.69, 9.17) is 28.9 Å². The van der Waals surface area contributed by atoms with Crippen molar-refractivity contribution in [3.05, 3.63) is 52.5 Å². The molecule has 0 aliphatic rings. The highest BCUT2D eigenvalue weighted by Crippen LogP contribution is 2.30. The van der Waals surface area contributed by atoms with E-state index in [0.717, 1.165) is 0 Å². The fourth-order valence-corrected chi connectivity index (χ4v) is 2.52. The van der Waals surface area contributed by atoms with Crippen LogP contribution in [0.15, 0.2) is 36.8 Å². The van der Waals surface area contributed by atoms with Crippen molar-refractivity contribution in [1.82, 2.24) is 20.0 Å². The lowest BCUT2D eigenvalue weighted by Crippen LogP contribution is -2.14. The molecule has 0 radical (unpaired) electrons. The van der Waals surface area contributed by atoms with E-state index in [9.17, 15) is 4.79 Å². The number of halogens is 2. The highest BCUT2D eigenvalue weighted by Gasteiger charge is 2.18. The number of amides is 1. The van der Waals surface area contributed by atoms with E-state index < -0.39 is 5.91 Å². The summed E-state index contributed by atoms with van der Waals surface area (Å²) in [6.07, 6.45) is 4.77. The predicted octanol–water partition coefficient (Wildman–Crippen LogP) is 2.74. The van der Waals surface area contributed by atoms with Gasteiger partial charge in [0.25, 0.3) is 5.91 Å². The van der Waals surface area contributed by atoms with Crippen molar-refractivity contribution in [3.63, 3.8) is 0 Å². The topological polar surface area (TPSA) is 102 Å². The molecular formula is C13H10Cl2N6O. The van der Waals surface area contributed by atoms with Gasteiger partial charge in [0, 0.05) is 6.20 Å². The van der Waals surface area contributed by atoms with Gasteiger partial charge < -0.3 is 11.1 Å². The van der Waals surface area contributed by atoms with Gasteiger partial charge >= 0.3 is 0 Å². The number of primary amides is 1. The zero-order valence-electron chi connectivity index (χ0n) is 11.0. The number of aromatic amines is 1. The number of benzene rings is 1. The van der Waals surface area contributed by atoms with E-state index in [1.54, 1.807) is 36.8 Å². The molecule has 112 valence electrons.